The van der Waals surface area contributed by atoms with Crippen molar-refractivity contribution in [2.75, 3.05) is 53.9 Å². The summed E-state index contributed by atoms with van der Waals surface area (Å²) in [7, 11) is -0.255. The van der Waals surface area contributed by atoms with Gasteiger partial charge in [-0.3, -0.25) is 4.18 Å². The molecule has 0 aromatic heterocycles. The van der Waals surface area contributed by atoms with E-state index in [4.69, 9.17) is 32.6 Å². The van der Waals surface area contributed by atoms with Crippen molar-refractivity contribution in [2.45, 2.75) is 43.9 Å². The van der Waals surface area contributed by atoms with Gasteiger partial charge in [0.1, 0.15) is 36.2 Å². The Morgan fingerprint density at radius 2 is 1.44 bits per heavy atom. The van der Waals surface area contributed by atoms with Gasteiger partial charge in [-0.1, -0.05) is 43.7 Å². The molecule has 4 rings (SSSR count). The second kappa shape index (κ2) is 15.4. The van der Waals surface area contributed by atoms with Crippen molar-refractivity contribution in [1.29, 1.82) is 0 Å². The van der Waals surface area contributed by atoms with Crippen LogP contribution in [0.2, 0.25) is 0 Å². The van der Waals surface area contributed by atoms with E-state index in [0.717, 1.165) is 49.2 Å². The van der Waals surface area contributed by atoms with Crippen LogP contribution in [0.25, 0.3) is 0 Å². The summed E-state index contributed by atoms with van der Waals surface area (Å²) in [6.45, 7) is 3.37. The minimum atomic E-state index is -3.46. The van der Waals surface area contributed by atoms with Crippen molar-refractivity contribution in [1.82, 2.24) is 0 Å². The monoisotopic (exact) mass is 614 g/mol. The van der Waals surface area contributed by atoms with E-state index in [-0.39, 0.29) is 38.1 Å². The number of ether oxygens (including phenoxy) is 6. The van der Waals surface area contributed by atoms with E-state index in [9.17, 15) is 8.42 Å². The Kier molecular flexibility index (Phi) is 11.7. The predicted octanol–water partition coefficient (Wildman–Crippen LogP) is 5.85. The molecule has 0 amide bonds. The number of fused-ring (bicyclic) bond motifs is 1. The van der Waals surface area contributed by atoms with Gasteiger partial charge in [-0.2, -0.15) is 8.42 Å². The van der Waals surface area contributed by atoms with Crippen LogP contribution in [0.4, 0.5) is 0 Å². The summed E-state index contributed by atoms with van der Waals surface area (Å²) < 4.78 is 60.2. The van der Waals surface area contributed by atoms with Crippen LogP contribution in [0.3, 0.4) is 0 Å². The first kappa shape index (κ1) is 32.6. The molecule has 3 aromatic rings. The fourth-order valence-corrected chi connectivity index (χ4v) is 5.78. The predicted molar refractivity (Wildman–Crippen MR) is 164 cm³/mol. The standard InChI is InChI=1S/C33H42O9S/c1-33(26-11-15-28(16-12-26)40-23-36-2)22-39-32-21-29(41-24-37-3)17-18-30(32)31(33)8-6-5-7-25-9-13-27(14-10-25)38-19-20-42-43(4,34)35/h9-18,21,31H,5-8,19-20,22-24H2,1-4H3. The van der Waals surface area contributed by atoms with Gasteiger partial charge in [-0.25, -0.2) is 0 Å². The average molecular weight is 615 g/mol. The van der Waals surface area contributed by atoms with Crippen LogP contribution < -0.4 is 18.9 Å². The number of methoxy groups -OCH3 is 2. The van der Waals surface area contributed by atoms with Crippen LogP contribution in [0.15, 0.2) is 66.7 Å². The molecule has 10 heteroatoms. The molecule has 3 aromatic carbocycles. The molecule has 2 atom stereocenters. The lowest BCUT2D eigenvalue weighted by molar-refractivity contribution is 0.0505. The summed E-state index contributed by atoms with van der Waals surface area (Å²) in [4.78, 5) is 0. The molecule has 43 heavy (non-hydrogen) atoms. The lowest BCUT2D eigenvalue weighted by Gasteiger charge is -2.43. The fraction of sp³-hybridized carbons (Fsp3) is 0.455. The molecule has 0 N–H and O–H groups in total. The summed E-state index contributed by atoms with van der Waals surface area (Å²) in [5.41, 5.74) is 3.37. The third-order valence-electron chi connectivity index (χ3n) is 7.64. The smallest absolute Gasteiger partial charge is 0.264 e. The summed E-state index contributed by atoms with van der Waals surface area (Å²) in [5.74, 6) is 3.26. The van der Waals surface area contributed by atoms with Crippen LogP contribution in [-0.2, 0) is 35.6 Å². The highest BCUT2D eigenvalue weighted by atomic mass is 32.2. The molecule has 0 saturated heterocycles. The first-order valence-electron chi connectivity index (χ1n) is 14.4. The average Bonchev–Trinajstić information content (AvgIpc) is 3.00. The minimum absolute atomic E-state index is 0.0118. The molecule has 1 aliphatic rings. The Morgan fingerprint density at radius 1 is 0.814 bits per heavy atom. The summed E-state index contributed by atoms with van der Waals surface area (Å²) in [6, 6.07) is 22.2. The number of hydrogen-bond acceptors (Lipinski definition) is 9. The Balaban J connectivity index is 1.41. The van der Waals surface area contributed by atoms with Crippen LogP contribution in [0.5, 0.6) is 23.0 Å². The van der Waals surface area contributed by atoms with Crippen molar-refractivity contribution in [3.63, 3.8) is 0 Å². The largest absolute Gasteiger partial charge is 0.492 e. The van der Waals surface area contributed by atoms with Gasteiger partial charge in [0.2, 0.25) is 0 Å². The van der Waals surface area contributed by atoms with Gasteiger partial charge in [0.25, 0.3) is 10.1 Å². The van der Waals surface area contributed by atoms with Gasteiger partial charge in [0.15, 0.2) is 13.6 Å². The molecule has 0 radical (unpaired) electrons. The second-order valence-electron chi connectivity index (χ2n) is 10.8. The SMILES string of the molecule is COCOc1ccc(C2(C)COc3cc(OCOC)ccc3C2CCCCc2ccc(OCCOS(C)(=O)=O)cc2)cc1. The maximum atomic E-state index is 11.1. The minimum Gasteiger partial charge on any atom is -0.492 e. The number of aryl methyl sites for hydroxylation is 1. The van der Waals surface area contributed by atoms with Gasteiger partial charge >= 0.3 is 0 Å². The number of benzene rings is 3. The number of rotatable bonds is 17. The molecule has 234 valence electrons. The topological polar surface area (TPSA) is 98.8 Å². The summed E-state index contributed by atoms with van der Waals surface area (Å²) in [6.07, 6.45) is 5.03. The quantitative estimate of drug-likeness (QED) is 0.105. The van der Waals surface area contributed by atoms with Gasteiger partial charge in [0.05, 0.1) is 12.9 Å². The molecule has 9 nitrogen and oxygen atoms in total. The first-order valence-corrected chi connectivity index (χ1v) is 16.2. The van der Waals surface area contributed by atoms with E-state index in [1.54, 1.807) is 14.2 Å². The maximum absolute atomic E-state index is 11.1. The van der Waals surface area contributed by atoms with Gasteiger partial charge in [-0.05, 0) is 66.3 Å². The molecule has 2 unspecified atom stereocenters. The zero-order valence-electron chi connectivity index (χ0n) is 25.4. The number of hydrogen-bond donors (Lipinski definition) is 0. The first-order chi connectivity index (χ1) is 20.7. The van der Waals surface area contributed by atoms with Crippen LogP contribution in [0, 0.1) is 0 Å². The van der Waals surface area contributed by atoms with Crippen molar-refractivity contribution >= 4 is 10.1 Å². The van der Waals surface area contributed by atoms with Crippen LogP contribution in [0.1, 0.15) is 48.8 Å². The van der Waals surface area contributed by atoms with E-state index in [1.165, 1.54) is 16.7 Å². The Labute approximate surface area is 255 Å². The third-order valence-corrected chi connectivity index (χ3v) is 8.23. The van der Waals surface area contributed by atoms with Gasteiger partial charge in [0, 0.05) is 31.6 Å². The van der Waals surface area contributed by atoms with Crippen LogP contribution in [-0.4, -0.2) is 62.3 Å². The second-order valence-corrected chi connectivity index (χ2v) is 12.5. The van der Waals surface area contributed by atoms with E-state index >= 15 is 0 Å². The normalized spacial score (nSPS) is 18.0. The summed E-state index contributed by atoms with van der Waals surface area (Å²) in [5, 5.41) is 0. The zero-order valence-corrected chi connectivity index (χ0v) is 26.2. The molecule has 1 aliphatic heterocycles. The van der Waals surface area contributed by atoms with Crippen LogP contribution >= 0.6 is 0 Å². The Bertz CT molecular complexity index is 1390. The molecule has 0 saturated carbocycles. The molecule has 0 bridgehead atoms. The van der Waals surface area contributed by atoms with E-state index < -0.39 is 10.1 Å². The third kappa shape index (κ3) is 9.34. The Hall–Kier alpha value is -3.31. The Morgan fingerprint density at radius 3 is 2.12 bits per heavy atom. The lowest BCUT2D eigenvalue weighted by atomic mass is 9.66. The molecular weight excluding hydrogens is 572 g/mol. The van der Waals surface area contributed by atoms with E-state index in [1.807, 2.05) is 36.4 Å². The lowest BCUT2D eigenvalue weighted by Crippen LogP contribution is -2.40. The van der Waals surface area contributed by atoms with Crippen molar-refractivity contribution < 1.29 is 41.0 Å². The molecule has 0 aliphatic carbocycles. The number of unbranched alkanes of at least 4 members (excludes halogenated alkanes) is 1. The fourth-order valence-electron chi connectivity index (χ4n) is 5.41. The van der Waals surface area contributed by atoms with Gasteiger partial charge < -0.3 is 28.4 Å². The van der Waals surface area contributed by atoms with Gasteiger partial charge in [-0.15, -0.1) is 0 Å². The van der Waals surface area contributed by atoms with E-state index in [0.29, 0.717) is 12.4 Å². The van der Waals surface area contributed by atoms with Crippen molar-refractivity contribution in [3.8, 4) is 23.0 Å². The zero-order chi connectivity index (χ0) is 30.7. The van der Waals surface area contributed by atoms with E-state index in [2.05, 4.69) is 37.3 Å². The molecule has 1 heterocycles. The molecule has 0 spiro atoms. The van der Waals surface area contributed by atoms with Crippen molar-refractivity contribution in [3.05, 3.63) is 83.4 Å². The highest BCUT2D eigenvalue weighted by Crippen LogP contribution is 2.50. The highest BCUT2D eigenvalue weighted by molar-refractivity contribution is 7.85. The molecular formula is C33H42O9S. The molecule has 0 fully saturated rings. The summed E-state index contributed by atoms with van der Waals surface area (Å²) >= 11 is 0. The maximum Gasteiger partial charge on any atom is 0.264 e. The van der Waals surface area contributed by atoms with Crippen molar-refractivity contribution in [2.24, 2.45) is 0 Å². The highest BCUT2D eigenvalue weighted by Gasteiger charge is 2.42.